The lowest BCUT2D eigenvalue weighted by Crippen LogP contribution is -2.35. The summed E-state index contributed by atoms with van der Waals surface area (Å²) >= 11 is 0. The van der Waals surface area contributed by atoms with E-state index in [1.807, 2.05) is 0 Å². The molecule has 0 amide bonds. The molecule has 0 bridgehead atoms. The van der Waals surface area contributed by atoms with E-state index in [-0.39, 0.29) is 0 Å². The van der Waals surface area contributed by atoms with Crippen LogP contribution in [0.15, 0.2) is 24.0 Å². The van der Waals surface area contributed by atoms with Crippen LogP contribution < -0.4 is 9.64 Å². The fraction of sp³-hybridized carbons (Fsp3) is 0.467. The van der Waals surface area contributed by atoms with Gasteiger partial charge in [-0.25, -0.2) is 0 Å². The molecule has 3 nitrogen and oxygen atoms in total. The summed E-state index contributed by atoms with van der Waals surface area (Å²) < 4.78 is 5.46. The van der Waals surface area contributed by atoms with Gasteiger partial charge in [0.2, 0.25) is 0 Å². The Morgan fingerprint density at radius 3 is 2.33 bits per heavy atom. The maximum Gasteiger partial charge on any atom is 0.124 e. The summed E-state index contributed by atoms with van der Waals surface area (Å²) in [5.41, 5.74) is 4.92. The highest BCUT2D eigenvalue weighted by atomic mass is 16.5. The lowest BCUT2D eigenvalue weighted by atomic mass is 10.1. The average molecular weight is 246 g/mol. The highest BCUT2D eigenvalue weighted by molar-refractivity contribution is 5.64. The molecule has 0 aromatic heterocycles. The second kappa shape index (κ2) is 4.56. The highest BCUT2D eigenvalue weighted by Gasteiger charge is 2.27. The summed E-state index contributed by atoms with van der Waals surface area (Å²) in [5, 5.41) is 0. The average Bonchev–Trinajstić information content (AvgIpc) is 2.56. The van der Waals surface area contributed by atoms with Gasteiger partial charge in [-0.1, -0.05) is 0 Å². The van der Waals surface area contributed by atoms with Crippen molar-refractivity contribution in [2.75, 3.05) is 19.1 Å². The van der Waals surface area contributed by atoms with Crippen LogP contribution in [-0.2, 0) is 0 Å². The monoisotopic (exact) mass is 246 g/mol. The summed E-state index contributed by atoms with van der Waals surface area (Å²) in [6.07, 6.45) is 2.52. The Hall–Kier alpha value is -1.64. The molecule has 0 saturated heterocycles. The van der Waals surface area contributed by atoms with Crippen molar-refractivity contribution in [2.24, 2.45) is 0 Å². The van der Waals surface area contributed by atoms with Crippen molar-refractivity contribution in [3.8, 4) is 5.75 Å². The van der Waals surface area contributed by atoms with E-state index in [1.165, 1.54) is 22.5 Å². The van der Waals surface area contributed by atoms with Gasteiger partial charge in [0.1, 0.15) is 11.9 Å². The van der Waals surface area contributed by atoms with Gasteiger partial charge in [0.05, 0.1) is 7.11 Å². The van der Waals surface area contributed by atoms with Gasteiger partial charge in [-0.15, -0.1) is 0 Å². The van der Waals surface area contributed by atoms with E-state index < -0.39 is 0 Å². The van der Waals surface area contributed by atoms with Crippen LogP contribution in [0.4, 0.5) is 5.69 Å². The van der Waals surface area contributed by atoms with E-state index in [0.29, 0.717) is 6.17 Å². The first kappa shape index (κ1) is 12.8. The summed E-state index contributed by atoms with van der Waals surface area (Å²) in [5.74, 6) is 0.958. The predicted octanol–water partition coefficient (Wildman–Crippen LogP) is 3.27. The fourth-order valence-electron chi connectivity index (χ4n) is 2.60. The van der Waals surface area contributed by atoms with E-state index in [2.05, 4.69) is 62.9 Å². The molecule has 98 valence electrons. The van der Waals surface area contributed by atoms with Crippen LogP contribution in [0.2, 0.25) is 0 Å². The van der Waals surface area contributed by atoms with E-state index in [4.69, 9.17) is 4.74 Å². The fourth-order valence-corrected chi connectivity index (χ4v) is 2.60. The van der Waals surface area contributed by atoms with E-state index in [0.717, 1.165) is 5.75 Å². The second-order valence-electron chi connectivity index (χ2n) is 5.05. The Balaban J connectivity index is 2.52. The Bertz CT molecular complexity index is 494. The van der Waals surface area contributed by atoms with Crippen LogP contribution in [0.1, 0.15) is 25.0 Å². The smallest absolute Gasteiger partial charge is 0.124 e. The molecule has 0 unspecified atom stereocenters. The molecule has 1 aliphatic heterocycles. The minimum atomic E-state index is 0.343. The van der Waals surface area contributed by atoms with E-state index >= 15 is 0 Å². The maximum atomic E-state index is 5.46. The number of rotatable bonds is 2. The van der Waals surface area contributed by atoms with Crippen molar-refractivity contribution < 1.29 is 4.74 Å². The van der Waals surface area contributed by atoms with Gasteiger partial charge in [-0.05, 0) is 45.4 Å². The quantitative estimate of drug-likeness (QED) is 0.796. The van der Waals surface area contributed by atoms with Crippen molar-refractivity contribution in [3.63, 3.8) is 0 Å². The Morgan fingerprint density at radius 2 is 1.83 bits per heavy atom. The van der Waals surface area contributed by atoms with E-state index in [9.17, 15) is 0 Å². The molecule has 18 heavy (non-hydrogen) atoms. The highest BCUT2D eigenvalue weighted by Crippen LogP contribution is 2.36. The number of ether oxygens (including phenoxy) is 1. The molecule has 0 saturated carbocycles. The first-order chi connectivity index (χ1) is 8.45. The van der Waals surface area contributed by atoms with Crippen molar-refractivity contribution in [3.05, 3.63) is 35.2 Å². The Morgan fingerprint density at radius 1 is 1.17 bits per heavy atom. The van der Waals surface area contributed by atoms with Gasteiger partial charge in [0, 0.05) is 30.2 Å². The number of benzene rings is 1. The van der Waals surface area contributed by atoms with Gasteiger partial charge in [-0.3, -0.25) is 0 Å². The first-order valence-corrected chi connectivity index (χ1v) is 6.30. The SMILES string of the molecule is COc1cc(C)cc(N2C(C)=CN(C)[C@@H]2C)c1C. The molecule has 0 fully saturated rings. The molecule has 1 aliphatic rings. The van der Waals surface area contributed by atoms with E-state index in [1.54, 1.807) is 7.11 Å². The number of hydrogen-bond donors (Lipinski definition) is 0. The minimum absolute atomic E-state index is 0.343. The molecule has 1 aromatic rings. The molecule has 1 atom stereocenters. The van der Waals surface area contributed by atoms with Crippen LogP contribution >= 0.6 is 0 Å². The predicted molar refractivity (Wildman–Crippen MR) is 75.9 cm³/mol. The zero-order valence-electron chi connectivity index (χ0n) is 12.1. The summed E-state index contributed by atoms with van der Waals surface area (Å²) in [7, 11) is 3.84. The molecule has 2 rings (SSSR count). The molecule has 3 heteroatoms. The Labute approximate surface area is 110 Å². The summed E-state index contributed by atoms with van der Waals surface area (Å²) in [6.45, 7) is 8.58. The van der Waals surface area contributed by atoms with Gasteiger partial charge < -0.3 is 14.5 Å². The largest absolute Gasteiger partial charge is 0.496 e. The third kappa shape index (κ3) is 1.94. The van der Waals surface area contributed by atoms with Gasteiger partial charge in [0.15, 0.2) is 0 Å². The van der Waals surface area contributed by atoms with Crippen molar-refractivity contribution in [1.29, 1.82) is 0 Å². The minimum Gasteiger partial charge on any atom is -0.496 e. The van der Waals surface area contributed by atoms with Crippen molar-refractivity contribution in [2.45, 2.75) is 33.9 Å². The molecule has 0 aliphatic carbocycles. The van der Waals surface area contributed by atoms with Crippen LogP contribution in [0, 0.1) is 13.8 Å². The molecule has 0 spiro atoms. The summed E-state index contributed by atoms with van der Waals surface area (Å²) in [6, 6.07) is 4.31. The molecule has 0 N–H and O–H groups in total. The number of nitrogens with zero attached hydrogens (tertiary/aromatic N) is 2. The summed E-state index contributed by atoms with van der Waals surface area (Å²) in [4.78, 5) is 4.58. The van der Waals surface area contributed by atoms with Crippen molar-refractivity contribution in [1.82, 2.24) is 4.90 Å². The number of anilines is 1. The van der Waals surface area contributed by atoms with Crippen molar-refractivity contribution >= 4 is 5.69 Å². The van der Waals surface area contributed by atoms with Crippen LogP contribution in [0.25, 0.3) is 0 Å². The molecular weight excluding hydrogens is 224 g/mol. The van der Waals surface area contributed by atoms with Gasteiger partial charge >= 0.3 is 0 Å². The number of allylic oxidation sites excluding steroid dienone is 1. The molecular formula is C15H22N2O. The van der Waals surface area contributed by atoms with Crippen LogP contribution in [0.3, 0.4) is 0 Å². The van der Waals surface area contributed by atoms with Crippen LogP contribution in [0.5, 0.6) is 5.75 Å². The number of hydrogen-bond acceptors (Lipinski definition) is 3. The normalized spacial score (nSPS) is 19.2. The van der Waals surface area contributed by atoms with Gasteiger partial charge in [0.25, 0.3) is 0 Å². The van der Waals surface area contributed by atoms with Crippen LogP contribution in [-0.4, -0.2) is 25.2 Å². The molecule has 0 radical (unpaired) electrons. The first-order valence-electron chi connectivity index (χ1n) is 6.30. The number of aryl methyl sites for hydroxylation is 1. The molecule has 1 heterocycles. The van der Waals surface area contributed by atoms with Gasteiger partial charge in [-0.2, -0.15) is 0 Å². The standard InChI is InChI=1S/C15H22N2O/c1-10-7-14(12(3)15(8-10)18-6)17-11(2)9-16(5)13(17)4/h7-9,13H,1-6H3/t13-/m0/s1. The lowest BCUT2D eigenvalue weighted by molar-refractivity contribution is 0.381. The zero-order valence-corrected chi connectivity index (χ0v) is 12.1. The third-order valence-electron chi connectivity index (χ3n) is 3.69. The Kier molecular flexibility index (Phi) is 3.24. The molecule has 1 aromatic carbocycles. The lowest BCUT2D eigenvalue weighted by Gasteiger charge is -2.31. The number of methoxy groups -OCH3 is 1. The second-order valence-corrected chi connectivity index (χ2v) is 5.05. The topological polar surface area (TPSA) is 15.7 Å². The zero-order chi connectivity index (χ0) is 13.4. The third-order valence-corrected chi connectivity index (χ3v) is 3.69. The maximum absolute atomic E-state index is 5.46.